The van der Waals surface area contributed by atoms with Gasteiger partial charge >= 0.3 is 0 Å². The van der Waals surface area contributed by atoms with Crippen LogP contribution >= 0.6 is 0 Å². The van der Waals surface area contributed by atoms with E-state index in [0.29, 0.717) is 0 Å². The van der Waals surface area contributed by atoms with Gasteiger partial charge in [0.05, 0.1) is 18.3 Å². The van der Waals surface area contributed by atoms with Gasteiger partial charge in [-0.15, -0.1) is 0 Å². The normalized spacial score (nSPS) is 14.1. The number of methoxy groups -OCH3 is 1. The lowest BCUT2D eigenvalue weighted by Gasteiger charge is -2.31. The fourth-order valence-corrected chi connectivity index (χ4v) is 3.19. The van der Waals surface area contributed by atoms with Crippen LogP contribution in [-0.4, -0.2) is 16.9 Å². The third-order valence-corrected chi connectivity index (χ3v) is 4.90. The van der Waals surface area contributed by atoms with Crippen molar-refractivity contribution < 1.29 is 4.74 Å². The van der Waals surface area contributed by atoms with Crippen molar-refractivity contribution in [1.29, 1.82) is 0 Å². The van der Waals surface area contributed by atoms with Gasteiger partial charge in [0.2, 0.25) is 5.88 Å². The molecule has 0 aliphatic heterocycles. The lowest BCUT2D eigenvalue weighted by atomic mass is 9.88. The lowest BCUT2D eigenvalue weighted by Crippen LogP contribution is -2.32. The Hall–Kier alpha value is -0.990. The summed E-state index contributed by atoms with van der Waals surface area (Å²) in [6.07, 6.45) is 11.5. The van der Waals surface area contributed by atoms with Crippen LogP contribution in [0.3, 0.4) is 0 Å². The van der Waals surface area contributed by atoms with Crippen molar-refractivity contribution in [2.75, 3.05) is 7.11 Å². The Morgan fingerprint density at radius 3 is 2.14 bits per heavy atom. The molecular formula is C19H36N2O. The van der Waals surface area contributed by atoms with Crippen LogP contribution in [0.4, 0.5) is 0 Å². The third-order valence-electron chi connectivity index (χ3n) is 4.90. The minimum absolute atomic E-state index is 0.0760. The van der Waals surface area contributed by atoms with Gasteiger partial charge in [0.15, 0.2) is 0 Å². The standard InChI is InChI=1S/C19H36N2O/c1-7-9-11-12-13-15-19(5,14-10-8-2)21-18(22-6)16(3)17(4)20-21/h7-15H2,1-6H3. The Bertz CT molecular complexity index is 439. The summed E-state index contributed by atoms with van der Waals surface area (Å²) in [5, 5.41) is 4.81. The first kappa shape index (κ1) is 19.1. The van der Waals surface area contributed by atoms with Crippen LogP contribution in [0.15, 0.2) is 0 Å². The molecule has 0 fully saturated rings. The predicted octanol–water partition coefficient (Wildman–Crippen LogP) is 5.77. The fourth-order valence-electron chi connectivity index (χ4n) is 3.19. The molecule has 0 aromatic carbocycles. The number of aromatic nitrogens is 2. The highest BCUT2D eigenvalue weighted by molar-refractivity contribution is 5.30. The number of aryl methyl sites for hydroxylation is 1. The maximum absolute atomic E-state index is 5.67. The molecule has 0 radical (unpaired) electrons. The van der Waals surface area contributed by atoms with E-state index in [1.807, 2.05) is 0 Å². The zero-order valence-electron chi connectivity index (χ0n) is 15.7. The van der Waals surface area contributed by atoms with Crippen molar-refractivity contribution in [2.45, 2.75) is 97.9 Å². The SMILES string of the molecule is CCCCCCCC(C)(CCCC)n1nc(C)c(C)c1OC. The van der Waals surface area contributed by atoms with Crippen LogP contribution in [0.2, 0.25) is 0 Å². The van der Waals surface area contributed by atoms with E-state index < -0.39 is 0 Å². The minimum atomic E-state index is 0.0760. The zero-order valence-corrected chi connectivity index (χ0v) is 15.7. The zero-order chi connectivity index (χ0) is 16.6. The average Bonchev–Trinajstić information content (AvgIpc) is 2.80. The number of nitrogens with zero attached hydrogens (tertiary/aromatic N) is 2. The first-order valence-electron chi connectivity index (χ1n) is 9.10. The molecule has 0 bridgehead atoms. The highest BCUT2D eigenvalue weighted by atomic mass is 16.5. The molecule has 128 valence electrons. The van der Waals surface area contributed by atoms with Crippen LogP contribution in [-0.2, 0) is 5.54 Å². The summed E-state index contributed by atoms with van der Waals surface area (Å²) in [7, 11) is 1.77. The van der Waals surface area contributed by atoms with E-state index in [2.05, 4.69) is 39.3 Å². The molecule has 1 aromatic rings. The van der Waals surface area contributed by atoms with E-state index in [0.717, 1.165) is 11.6 Å². The van der Waals surface area contributed by atoms with E-state index in [-0.39, 0.29) is 5.54 Å². The second-order valence-electron chi connectivity index (χ2n) is 6.90. The monoisotopic (exact) mass is 308 g/mol. The van der Waals surface area contributed by atoms with E-state index in [9.17, 15) is 0 Å². The minimum Gasteiger partial charge on any atom is -0.481 e. The summed E-state index contributed by atoms with van der Waals surface area (Å²) in [6, 6.07) is 0. The molecule has 3 heteroatoms. The van der Waals surface area contributed by atoms with Crippen LogP contribution in [0.25, 0.3) is 0 Å². The van der Waals surface area contributed by atoms with E-state index >= 15 is 0 Å². The fraction of sp³-hybridized carbons (Fsp3) is 0.842. The average molecular weight is 309 g/mol. The molecule has 1 heterocycles. The van der Waals surface area contributed by atoms with E-state index in [4.69, 9.17) is 9.84 Å². The predicted molar refractivity (Wildman–Crippen MR) is 94.8 cm³/mol. The maximum Gasteiger partial charge on any atom is 0.215 e. The van der Waals surface area contributed by atoms with Gasteiger partial charge < -0.3 is 4.74 Å². The van der Waals surface area contributed by atoms with Gasteiger partial charge in [-0.1, -0.05) is 58.8 Å². The molecule has 22 heavy (non-hydrogen) atoms. The summed E-state index contributed by atoms with van der Waals surface area (Å²) in [5.41, 5.74) is 2.34. The van der Waals surface area contributed by atoms with E-state index in [1.54, 1.807) is 7.11 Å². The topological polar surface area (TPSA) is 27.1 Å². The molecule has 1 atom stereocenters. The molecule has 1 rings (SSSR count). The number of ether oxygens (including phenoxy) is 1. The second-order valence-corrected chi connectivity index (χ2v) is 6.90. The number of hydrogen-bond acceptors (Lipinski definition) is 2. The Morgan fingerprint density at radius 1 is 0.955 bits per heavy atom. The molecule has 0 saturated carbocycles. The lowest BCUT2D eigenvalue weighted by molar-refractivity contribution is 0.199. The van der Waals surface area contributed by atoms with Crippen molar-refractivity contribution in [3.63, 3.8) is 0 Å². The maximum atomic E-state index is 5.67. The van der Waals surface area contributed by atoms with Gasteiger partial charge in [-0.05, 0) is 33.6 Å². The van der Waals surface area contributed by atoms with Crippen molar-refractivity contribution in [3.05, 3.63) is 11.3 Å². The van der Waals surface area contributed by atoms with Crippen LogP contribution < -0.4 is 4.74 Å². The Kier molecular flexibility index (Phi) is 7.98. The molecule has 3 nitrogen and oxygen atoms in total. The molecule has 0 saturated heterocycles. The van der Waals surface area contributed by atoms with Gasteiger partial charge in [-0.3, -0.25) is 0 Å². The van der Waals surface area contributed by atoms with Gasteiger partial charge in [0.25, 0.3) is 0 Å². The number of unbranched alkanes of at least 4 members (excludes halogenated alkanes) is 5. The van der Waals surface area contributed by atoms with Crippen LogP contribution in [0.5, 0.6) is 5.88 Å². The molecule has 1 aromatic heterocycles. The summed E-state index contributed by atoms with van der Waals surface area (Å²) in [4.78, 5) is 0. The first-order valence-corrected chi connectivity index (χ1v) is 9.10. The Morgan fingerprint density at radius 2 is 1.55 bits per heavy atom. The molecule has 0 amide bonds. The largest absolute Gasteiger partial charge is 0.481 e. The summed E-state index contributed by atoms with van der Waals surface area (Å²) < 4.78 is 7.84. The molecule has 0 N–H and O–H groups in total. The second kappa shape index (κ2) is 9.22. The molecule has 0 spiro atoms. The summed E-state index contributed by atoms with van der Waals surface area (Å²) >= 11 is 0. The highest BCUT2D eigenvalue weighted by Gasteiger charge is 2.30. The van der Waals surface area contributed by atoms with Crippen molar-refractivity contribution in [3.8, 4) is 5.88 Å². The van der Waals surface area contributed by atoms with Gasteiger partial charge in [-0.2, -0.15) is 5.10 Å². The van der Waals surface area contributed by atoms with Crippen molar-refractivity contribution in [2.24, 2.45) is 0 Å². The highest BCUT2D eigenvalue weighted by Crippen LogP contribution is 2.35. The number of hydrogen-bond donors (Lipinski definition) is 0. The van der Waals surface area contributed by atoms with Crippen LogP contribution in [0.1, 0.15) is 89.8 Å². The summed E-state index contributed by atoms with van der Waals surface area (Å²) in [5.74, 6) is 0.949. The van der Waals surface area contributed by atoms with Gasteiger partial charge in [-0.25, -0.2) is 4.68 Å². The van der Waals surface area contributed by atoms with Gasteiger partial charge in [0, 0.05) is 5.56 Å². The first-order chi connectivity index (χ1) is 10.5. The smallest absolute Gasteiger partial charge is 0.215 e. The Labute approximate surface area is 137 Å². The third kappa shape index (κ3) is 4.76. The molecule has 0 aliphatic rings. The number of rotatable bonds is 11. The molecular weight excluding hydrogens is 272 g/mol. The van der Waals surface area contributed by atoms with Gasteiger partial charge in [0.1, 0.15) is 0 Å². The quantitative estimate of drug-likeness (QED) is 0.485. The Balaban J connectivity index is 2.88. The van der Waals surface area contributed by atoms with Crippen molar-refractivity contribution >= 4 is 0 Å². The van der Waals surface area contributed by atoms with Crippen LogP contribution in [0, 0.1) is 13.8 Å². The van der Waals surface area contributed by atoms with E-state index in [1.165, 1.54) is 63.4 Å². The van der Waals surface area contributed by atoms with Crippen molar-refractivity contribution in [1.82, 2.24) is 9.78 Å². The summed E-state index contributed by atoms with van der Waals surface area (Å²) in [6.45, 7) is 11.1. The molecule has 1 unspecified atom stereocenters. The molecule has 0 aliphatic carbocycles.